The molecule has 0 spiro atoms. The number of carbonyl (C=O) groups excluding carboxylic acids is 3. The van der Waals surface area contributed by atoms with E-state index in [0.717, 1.165) is 18.2 Å². The molecule has 0 saturated heterocycles. The van der Waals surface area contributed by atoms with Crippen molar-refractivity contribution in [3.05, 3.63) is 128 Å². The Kier molecular flexibility index (Phi) is 10.7. The van der Waals surface area contributed by atoms with Gasteiger partial charge in [0, 0.05) is 28.9 Å². The van der Waals surface area contributed by atoms with Crippen LogP contribution in [0.25, 0.3) is 0 Å². The molecule has 4 aromatic carbocycles. The van der Waals surface area contributed by atoms with E-state index in [1.165, 1.54) is 18.2 Å². The van der Waals surface area contributed by atoms with E-state index < -0.39 is 58.8 Å². The number of aliphatic carboxylic acids is 1. The summed E-state index contributed by atoms with van der Waals surface area (Å²) in [6.45, 7) is 0. The monoisotopic (exact) mass is 711 g/mol. The van der Waals surface area contributed by atoms with Gasteiger partial charge in [-0.1, -0.05) is 59.6 Å². The molecule has 4 rings (SSSR count). The summed E-state index contributed by atoms with van der Waals surface area (Å²) < 4.78 is 80.4. The molecular formula is C32H21Cl2F6N3O5. The summed E-state index contributed by atoms with van der Waals surface area (Å²) in [5.41, 5.74) is -5.05. The van der Waals surface area contributed by atoms with Crippen LogP contribution in [0.1, 0.15) is 47.8 Å². The average Bonchev–Trinajstić information content (AvgIpc) is 2.99. The molecule has 250 valence electrons. The highest BCUT2D eigenvalue weighted by Crippen LogP contribution is 2.36. The lowest BCUT2D eigenvalue weighted by atomic mass is 10.0. The van der Waals surface area contributed by atoms with Gasteiger partial charge >= 0.3 is 18.3 Å². The number of halogens is 8. The van der Waals surface area contributed by atoms with Gasteiger partial charge in [0.2, 0.25) is 0 Å². The fourth-order valence-electron chi connectivity index (χ4n) is 4.39. The molecule has 8 nitrogen and oxygen atoms in total. The number of carboxylic acids is 1. The predicted molar refractivity (Wildman–Crippen MR) is 164 cm³/mol. The Bertz CT molecular complexity index is 1830. The number of alkyl halides is 6. The first-order valence-electron chi connectivity index (χ1n) is 13.5. The SMILES string of the molecule is O=C(Nc1cc(NC(=O)c2c(Cl)cccc2Cl)cc(C(=O)N[C@@H](Cc2ccccc2)C(=O)O)c1)c1cc(C(F)(F)F)cc(C(F)(F)F)c1. The van der Waals surface area contributed by atoms with Gasteiger partial charge in [-0.3, -0.25) is 14.4 Å². The van der Waals surface area contributed by atoms with Crippen LogP contribution in [0.3, 0.4) is 0 Å². The largest absolute Gasteiger partial charge is 0.480 e. The summed E-state index contributed by atoms with van der Waals surface area (Å²) >= 11 is 12.2. The first-order chi connectivity index (χ1) is 22.4. The van der Waals surface area contributed by atoms with Crippen molar-refractivity contribution in [2.45, 2.75) is 24.8 Å². The minimum Gasteiger partial charge on any atom is -0.480 e. The van der Waals surface area contributed by atoms with Gasteiger partial charge in [-0.05, 0) is 54.1 Å². The van der Waals surface area contributed by atoms with Crippen LogP contribution in [0.4, 0.5) is 37.7 Å². The van der Waals surface area contributed by atoms with Crippen molar-refractivity contribution in [2.75, 3.05) is 10.6 Å². The molecule has 0 fully saturated rings. The van der Waals surface area contributed by atoms with Crippen LogP contribution in [-0.2, 0) is 23.6 Å². The highest BCUT2D eigenvalue weighted by atomic mass is 35.5. The van der Waals surface area contributed by atoms with Gasteiger partial charge in [-0.2, -0.15) is 26.3 Å². The number of anilines is 2. The molecule has 0 aliphatic rings. The number of amides is 3. The Hall–Kier alpha value is -5.08. The first kappa shape index (κ1) is 35.8. The van der Waals surface area contributed by atoms with Gasteiger partial charge in [0.05, 0.1) is 26.7 Å². The highest BCUT2D eigenvalue weighted by molar-refractivity contribution is 6.40. The first-order valence-corrected chi connectivity index (χ1v) is 14.3. The summed E-state index contributed by atoms with van der Waals surface area (Å²) in [7, 11) is 0. The Morgan fingerprint density at radius 2 is 1.15 bits per heavy atom. The fourth-order valence-corrected chi connectivity index (χ4v) is 4.96. The van der Waals surface area contributed by atoms with Crippen LogP contribution >= 0.6 is 23.2 Å². The zero-order valence-corrected chi connectivity index (χ0v) is 25.5. The molecule has 0 heterocycles. The van der Waals surface area contributed by atoms with Crippen LogP contribution in [0.15, 0.2) is 84.9 Å². The lowest BCUT2D eigenvalue weighted by Crippen LogP contribution is -2.42. The summed E-state index contributed by atoms with van der Waals surface area (Å²) in [6, 6.07) is 14.4. The van der Waals surface area contributed by atoms with E-state index in [9.17, 15) is 50.6 Å². The molecule has 0 aliphatic carbocycles. The molecule has 0 aromatic heterocycles. The van der Waals surface area contributed by atoms with Crippen LogP contribution < -0.4 is 16.0 Å². The van der Waals surface area contributed by atoms with Gasteiger partial charge in [0.1, 0.15) is 6.04 Å². The number of rotatable bonds is 9. The topological polar surface area (TPSA) is 125 Å². The van der Waals surface area contributed by atoms with E-state index in [0.29, 0.717) is 5.56 Å². The molecular weight excluding hydrogens is 691 g/mol. The van der Waals surface area contributed by atoms with Crippen molar-refractivity contribution >= 4 is 58.3 Å². The third-order valence-electron chi connectivity index (χ3n) is 6.64. The second-order valence-electron chi connectivity index (χ2n) is 10.2. The van der Waals surface area contributed by atoms with Gasteiger partial charge in [0.15, 0.2) is 0 Å². The summed E-state index contributed by atoms with van der Waals surface area (Å²) in [4.78, 5) is 51.3. The molecule has 4 N–H and O–H groups in total. The number of carbonyl (C=O) groups is 4. The molecule has 4 aromatic rings. The van der Waals surface area contributed by atoms with E-state index in [1.807, 2.05) is 0 Å². The average molecular weight is 712 g/mol. The predicted octanol–water partition coefficient (Wildman–Crippen LogP) is 7.96. The quantitative estimate of drug-likeness (QED) is 0.131. The van der Waals surface area contributed by atoms with Crippen molar-refractivity contribution in [2.24, 2.45) is 0 Å². The van der Waals surface area contributed by atoms with Crippen molar-refractivity contribution in [3.8, 4) is 0 Å². The molecule has 1 atom stereocenters. The second-order valence-corrected chi connectivity index (χ2v) is 11.0. The molecule has 16 heteroatoms. The lowest BCUT2D eigenvalue weighted by Gasteiger charge is -2.17. The number of hydrogen-bond donors (Lipinski definition) is 4. The van der Waals surface area contributed by atoms with E-state index in [2.05, 4.69) is 16.0 Å². The molecule has 0 aliphatic heterocycles. The molecule has 0 radical (unpaired) electrons. The van der Waals surface area contributed by atoms with Gasteiger partial charge in [-0.25, -0.2) is 4.79 Å². The van der Waals surface area contributed by atoms with E-state index in [-0.39, 0.29) is 57.2 Å². The molecule has 3 amide bonds. The van der Waals surface area contributed by atoms with Gasteiger partial charge in [-0.15, -0.1) is 0 Å². The van der Waals surface area contributed by atoms with Crippen molar-refractivity contribution in [1.82, 2.24) is 5.32 Å². The molecule has 0 bridgehead atoms. The number of benzene rings is 4. The zero-order valence-electron chi connectivity index (χ0n) is 24.0. The van der Waals surface area contributed by atoms with Crippen molar-refractivity contribution in [1.29, 1.82) is 0 Å². The molecule has 48 heavy (non-hydrogen) atoms. The normalized spacial score (nSPS) is 12.2. The summed E-state index contributed by atoms with van der Waals surface area (Å²) in [5.74, 6) is -4.73. The van der Waals surface area contributed by atoms with Gasteiger partial charge < -0.3 is 21.1 Å². The van der Waals surface area contributed by atoms with Crippen molar-refractivity contribution < 1.29 is 50.6 Å². The third kappa shape index (κ3) is 9.04. The number of nitrogens with one attached hydrogen (secondary N) is 3. The smallest absolute Gasteiger partial charge is 0.416 e. The van der Waals surface area contributed by atoms with Crippen LogP contribution in [-0.4, -0.2) is 34.8 Å². The number of carboxylic acid groups (broad SMARTS) is 1. The maximum absolute atomic E-state index is 13.4. The zero-order chi connectivity index (χ0) is 35.4. The Balaban J connectivity index is 1.72. The third-order valence-corrected chi connectivity index (χ3v) is 7.27. The minimum absolute atomic E-state index is 0.0577. The maximum Gasteiger partial charge on any atom is 0.416 e. The maximum atomic E-state index is 13.4. The summed E-state index contributed by atoms with van der Waals surface area (Å²) in [6.07, 6.45) is -10.6. The lowest BCUT2D eigenvalue weighted by molar-refractivity contribution is -0.143. The molecule has 0 unspecified atom stereocenters. The van der Waals surface area contributed by atoms with E-state index in [1.54, 1.807) is 30.3 Å². The molecule has 0 saturated carbocycles. The van der Waals surface area contributed by atoms with Crippen molar-refractivity contribution in [3.63, 3.8) is 0 Å². The second kappa shape index (κ2) is 14.4. The Morgan fingerprint density at radius 1 is 0.646 bits per heavy atom. The fraction of sp³-hybridized carbons (Fsp3) is 0.125. The van der Waals surface area contributed by atoms with Crippen LogP contribution in [0, 0.1) is 0 Å². The van der Waals surface area contributed by atoms with Gasteiger partial charge in [0.25, 0.3) is 17.7 Å². The Morgan fingerprint density at radius 3 is 1.65 bits per heavy atom. The van der Waals surface area contributed by atoms with Crippen LogP contribution in [0.2, 0.25) is 10.0 Å². The van der Waals surface area contributed by atoms with Crippen LogP contribution in [0.5, 0.6) is 0 Å². The number of hydrogen-bond acceptors (Lipinski definition) is 4. The summed E-state index contributed by atoms with van der Waals surface area (Å²) in [5, 5.41) is 16.5. The van der Waals surface area contributed by atoms with E-state index in [4.69, 9.17) is 23.2 Å². The minimum atomic E-state index is -5.23. The highest BCUT2D eigenvalue weighted by Gasteiger charge is 2.37. The standard InChI is InChI=1S/C32H21Cl2F6N3O5/c33-23-7-4-8-24(34)26(23)29(46)42-22-13-18(28(45)43-25(30(47)48)9-16-5-2-1-3-6-16)12-21(15-22)41-27(44)17-10-19(31(35,36)37)14-20(11-17)32(38,39)40/h1-8,10-15,25H,9H2,(H,41,44)(H,42,46)(H,43,45)(H,47,48)/t25-/m0/s1. The van der Waals surface area contributed by atoms with E-state index >= 15 is 0 Å². The Labute approximate surface area is 277 Å².